The van der Waals surface area contributed by atoms with Crippen LogP contribution in [0, 0.1) is 0 Å². The van der Waals surface area contributed by atoms with E-state index >= 15 is 0 Å². The van der Waals surface area contributed by atoms with Gasteiger partial charge in [-0.15, -0.1) is 23.1 Å². The molecule has 2 heterocycles. The van der Waals surface area contributed by atoms with Crippen molar-refractivity contribution < 1.29 is 9.90 Å². The Bertz CT molecular complexity index is 355. The van der Waals surface area contributed by atoms with E-state index < -0.39 is 12.0 Å². The van der Waals surface area contributed by atoms with Crippen LogP contribution in [-0.4, -0.2) is 22.9 Å². The summed E-state index contributed by atoms with van der Waals surface area (Å²) in [6.45, 7) is 0. The largest absolute Gasteiger partial charge is 0.480 e. The van der Waals surface area contributed by atoms with E-state index in [-0.39, 0.29) is 5.37 Å². The highest BCUT2D eigenvalue weighted by atomic mass is 79.9. The Morgan fingerprint density at radius 3 is 3.00 bits per heavy atom. The number of carboxylic acid groups (broad SMARTS) is 1. The third kappa shape index (κ3) is 2.13. The van der Waals surface area contributed by atoms with Gasteiger partial charge in [0.1, 0.15) is 6.04 Å². The molecule has 0 radical (unpaired) electrons. The van der Waals surface area contributed by atoms with Gasteiger partial charge in [-0.1, -0.05) is 0 Å². The molecule has 2 atom stereocenters. The van der Waals surface area contributed by atoms with Crippen LogP contribution < -0.4 is 5.32 Å². The van der Waals surface area contributed by atoms with Gasteiger partial charge in [0.2, 0.25) is 0 Å². The van der Waals surface area contributed by atoms with Crippen LogP contribution in [0.1, 0.15) is 10.9 Å². The Morgan fingerprint density at radius 1 is 1.71 bits per heavy atom. The van der Waals surface area contributed by atoms with Gasteiger partial charge in [-0.05, 0) is 32.9 Å². The van der Waals surface area contributed by atoms with Crippen molar-refractivity contribution in [3.63, 3.8) is 0 Å². The second-order valence-electron chi connectivity index (χ2n) is 2.96. The first-order valence-electron chi connectivity index (χ1n) is 4.01. The van der Waals surface area contributed by atoms with E-state index in [9.17, 15) is 4.79 Å². The molecule has 0 amide bonds. The van der Waals surface area contributed by atoms with Crippen LogP contribution in [0.15, 0.2) is 15.2 Å². The highest BCUT2D eigenvalue weighted by molar-refractivity contribution is 9.11. The molecule has 1 aliphatic rings. The van der Waals surface area contributed by atoms with Crippen molar-refractivity contribution in [2.24, 2.45) is 0 Å². The maximum atomic E-state index is 10.7. The number of hydrogen-bond acceptors (Lipinski definition) is 4. The van der Waals surface area contributed by atoms with Gasteiger partial charge in [-0.25, -0.2) is 0 Å². The maximum absolute atomic E-state index is 10.7. The lowest BCUT2D eigenvalue weighted by molar-refractivity contribution is -0.138. The summed E-state index contributed by atoms with van der Waals surface area (Å²) < 4.78 is 1.08. The van der Waals surface area contributed by atoms with Crippen LogP contribution in [0.25, 0.3) is 0 Å². The second kappa shape index (κ2) is 4.22. The molecule has 1 aliphatic heterocycles. The van der Waals surface area contributed by atoms with Gasteiger partial charge in [0.05, 0.1) is 9.16 Å². The molecule has 1 aromatic heterocycles. The van der Waals surface area contributed by atoms with Crippen molar-refractivity contribution in [1.82, 2.24) is 5.32 Å². The van der Waals surface area contributed by atoms with Crippen molar-refractivity contribution in [2.45, 2.75) is 11.4 Å². The molecular formula is C8H8BrNO2S2. The number of halogens is 1. The van der Waals surface area contributed by atoms with Crippen LogP contribution in [0.3, 0.4) is 0 Å². The van der Waals surface area contributed by atoms with E-state index in [1.54, 1.807) is 23.1 Å². The Hall–Kier alpha value is -0.0400. The van der Waals surface area contributed by atoms with Crippen molar-refractivity contribution in [3.8, 4) is 0 Å². The van der Waals surface area contributed by atoms with E-state index in [0.717, 1.165) is 9.35 Å². The maximum Gasteiger partial charge on any atom is 0.321 e. The number of carboxylic acids is 1. The van der Waals surface area contributed by atoms with E-state index in [1.165, 1.54) is 0 Å². The van der Waals surface area contributed by atoms with Gasteiger partial charge >= 0.3 is 5.97 Å². The van der Waals surface area contributed by atoms with E-state index in [0.29, 0.717) is 5.75 Å². The molecule has 1 unspecified atom stereocenters. The summed E-state index contributed by atoms with van der Waals surface area (Å²) in [6, 6.07) is 1.61. The average Bonchev–Trinajstić information content (AvgIpc) is 2.70. The Labute approximate surface area is 98.0 Å². The molecule has 3 nitrogen and oxygen atoms in total. The lowest BCUT2D eigenvalue weighted by Gasteiger charge is -2.08. The molecule has 0 aromatic carbocycles. The summed E-state index contributed by atoms with van der Waals surface area (Å²) in [6.07, 6.45) is 0. The van der Waals surface area contributed by atoms with Crippen LogP contribution >= 0.6 is 39.0 Å². The predicted octanol–water partition coefficient (Wildman–Crippen LogP) is 2.30. The quantitative estimate of drug-likeness (QED) is 0.878. The topological polar surface area (TPSA) is 49.3 Å². The molecule has 1 saturated heterocycles. The number of aliphatic carboxylic acids is 1. The number of thioether (sulfide) groups is 1. The summed E-state index contributed by atoms with van der Waals surface area (Å²) in [4.78, 5) is 10.7. The van der Waals surface area contributed by atoms with Crippen LogP contribution in [0.2, 0.25) is 0 Å². The first-order valence-corrected chi connectivity index (χ1v) is 6.73. The van der Waals surface area contributed by atoms with Crippen molar-refractivity contribution in [3.05, 3.63) is 20.8 Å². The highest BCUT2D eigenvalue weighted by Gasteiger charge is 2.30. The van der Waals surface area contributed by atoms with E-state index in [2.05, 4.69) is 21.2 Å². The standard InChI is InChI=1S/C8H8BrNO2S2/c9-6-1-4(2-13-6)7-10-5(3-14-7)8(11)12/h1-2,5,7,10H,3H2,(H,11,12)/t5-,7?/m0/s1. The molecule has 14 heavy (non-hydrogen) atoms. The van der Waals surface area contributed by atoms with Gasteiger partial charge < -0.3 is 5.11 Å². The predicted molar refractivity (Wildman–Crippen MR) is 61.8 cm³/mol. The molecule has 2 rings (SSSR count). The van der Waals surface area contributed by atoms with Gasteiger partial charge in [0.25, 0.3) is 0 Å². The zero-order valence-electron chi connectivity index (χ0n) is 7.07. The smallest absolute Gasteiger partial charge is 0.321 e. The van der Waals surface area contributed by atoms with Gasteiger partial charge in [-0.2, -0.15) is 0 Å². The summed E-state index contributed by atoms with van der Waals surface area (Å²) in [5.74, 6) is -0.137. The number of nitrogens with one attached hydrogen (secondary N) is 1. The Balaban J connectivity index is 2.05. The normalized spacial score (nSPS) is 26.6. The zero-order chi connectivity index (χ0) is 10.1. The molecule has 0 bridgehead atoms. The molecule has 0 spiro atoms. The third-order valence-electron chi connectivity index (χ3n) is 1.97. The van der Waals surface area contributed by atoms with Crippen molar-refractivity contribution in [1.29, 1.82) is 0 Å². The molecule has 0 aliphatic carbocycles. The minimum Gasteiger partial charge on any atom is -0.480 e. The summed E-state index contributed by atoms with van der Waals surface area (Å²) >= 11 is 6.64. The van der Waals surface area contributed by atoms with Gasteiger partial charge in [-0.3, -0.25) is 10.1 Å². The first kappa shape index (κ1) is 10.5. The lowest BCUT2D eigenvalue weighted by atomic mass is 10.3. The van der Waals surface area contributed by atoms with Gasteiger partial charge in [0.15, 0.2) is 0 Å². The highest BCUT2D eigenvalue weighted by Crippen LogP contribution is 2.36. The van der Waals surface area contributed by atoms with E-state index in [1.807, 2.05) is 11.4 Å². The average molecular weight is 294 g/mol. The minimum absolute atomic E-state index is 0.124. The molecule has 2 N–H and O–H groups in total. The summed E-state index contributed by atoms with van der Waals surface area (Å²) in [5.41, 5.74) is 1.15. The minimum atomic E-state index is -0.769. The van der Waals surface area contributed by atoms with Crippen molar-refractivity contribution in [2.75, 3.05) is 5.75 Å². The van der Waals surface area contributed by atoms with Gasteiger partial charge in [0, 0.05) is 5.75 Å². The van der Waals surface area contributed by atoms with Crippen molar-refractivity contribution >= 4 is 45.0 Å². The summed E-state index contributed by atoms with van der Waals surface area (Å²) in [7, 11) is 0. The zero-order valence-corrected chi connectivity index (χ0v) is 10.3. The third-order valence-corrected chi connectivity index (χ3v) is 4.76. The SMILES string of the molecule is O=C(O)[C@@H]1CSC(c2csc(Br)c2)N1. The molecule has 6 heteroatoms. The Morgan fingerprint density at radius 2 is 2.50 bits per heavy atom. The van der Waals surface area contributed by atoms with E-state index in [4.69, 9.17) is 5.11 Å². The lowest BCUT2D eigenvalue weighted by Crippen LogP contribution is -2.33. The fourth-order valence-corrected chi connectivity index (χ4v) is 3.77. The molecule has 1 aromatic rings. The number of thiophene rings is 1. The fourth-order valence-electron chi connectivity index (χ4n) is 1.27. The fraction of sp³-hybridized carbons (Fsp3) is 0.375. The molecule has 0 saturated carbocycles. The number of hydrogen-bond donors (Lipinski definition) is 2. The monoisotopic (exact) mass is 293 g/mol. The molecular weight excluding hydrogens is 286 g/mol. The number of carbonyl (C=O) groups is 1. The van der Waals surface area contributed by atoms with Crippen LogP contribution in [0.4, 0.5) is 0 Å². The summed E-state index contributed by atoms with van der Waals surface area (Å²) in [5, 5.41) is 14.0. The Kier molecular flexibility index (Phi) is 3.16. The number of rotatable bonds is 2. The molecule has 1 fully saturated rings. The first-order chi connectivity index (χ1) is 6.66. The van der Waals surface area contributed by atoms with Crippen LogP contribution in [-0.2, 0) is 4.79 Å². The van der Waals surface area contributed by atoms with Crippen LogP contribution in [0.5, 0.6) is 0 Å². The second-order valence-corrected chi connectivity index (χ2v) is 6.38. The molecule has 76 valence electrons.